The van der Waals surface area contributed by atoms with Gasteiger partial charge in [0.1, 0.15) is 5.69 Å². The minimum Gasteiger partial charge on any atom is -0.364 e. The second-order valence-electron chi connectivity index (χ2n) is 4.67. The van der Waals surface area contributed by atoms with Gasteiger partial charge in [0, 0.05) is 11.5 Å². The first-order valence-corrected chi connectivity index (χ1v) is 5.61. The summed E-state index contributed by atoms with van der Waals surface area (Å²) >= 11 is 0. The van der Waals surface area contributed by atoms with Crippen LogP contribution in [0.25, 0.3) is 0 Å². The molecule has 0 aliphatic heterocycles. The van der Waals surface area contributed by atoms with Crippen LogP contribution in [-0.4, -0.2) is 16.1 Å². The van der Waals surface area contributed by atoms with E-state index in [0.717, 1.165) is 29.5 Å². The molecule has 0 aromatic carbocycles. The first-order chi connectivity index (χ1) is 7.24. The number of nitrogens with zero attached hydrogens (tertiary/aromatic N) is 1. The van der Waals surface area contributed by atoms with Crippen molar-refractivity contribution in [1.29, 1.82) is 0 Å². The fourth-order valence-electron chi connectivity index (χ4n) is 3.16. The average Bonchev–Trinajstić information content (AvgIpc) is 2.60. The highest BCUT2D eigenvalue weighted by Crippen LogP contribution is 2.62. The topological polar surface area (TPSA) is 71.8 Å². The number of carbonyl (C=O) groups is 1. The summed E-state index contributed by atoms with van der Waals surface area (Å²) in [6, 6.07) is 0. The van der Waals surface area contributed by atoms with E-state index < -0.39 is 0 Å². The average molecular weight is 205 g/mol. The third kappa shape index (κ3) is 1.07. The number of carbonyl (C=O) groups excluding carboxylic acids is 1. The zero-order valence-corrected chi connectivity index (χ0v) is 8.79. The molecule has 1 aromatic heterocycles. The van der Waals surface area contributed by atoms with Crippen LogP contribution in [0.5, 0.6) is 0 Å². The minimum absolute atomic E-state index is 0.378. The van der Waals surface area contributed by atoms with Crippen molar-refractivity contribution in [3.63, 3.8) is 0 Å². The lowest BCUT2D eigenvalue weighted by atomic mass is 10.0. The Morgan fingerprint density at radius 2 is 2.47 bits per heavy atom. The van der Waals surface area contributed by atoms with Gasteiger partial charge in [-0.2, -0.15) is 5.10 Å². The van der Waals surface area contributed by atoms with Crippen molar-refractivity contribution >= 4 is 5.91 Å². The predicted octanol–water partition coefficient (Wildman–Crippen LogP) is 1.19. The normalized spacial score (nSPS) is 31.1. The summed E-state index contributed by atoms with van der Waals surface area (Å²) in [6.07, 6.45) is 3.52. The molecule has 0 unspecified atom stereocenters. The zero-order valence-electron chi connectivity index (χ0n) is 8.79. The Morgan fingerprint density at radius 3 is 3.13 bits per heavy atom. The van der Waals surface area contributed by atoms with Gasteiger partial charge < -0.3 is 5.73 Å². The summed E-state index contributed by atoms with van der Waals surface area (Å²) in [6.45, 7) is 2.22. The Morgan fingerprint density at radius 1 is 1.67 bits per heavy atom. The fraction of sp³-hybridized carbons (Fsp3) is 0.636. The van der Waals surface area contributed by atoms with E-state index in [0.29, 0.717) is 11.6 Å². The van der Waals surface area contributed by atoms with Gasteiger partial charge in [-0.3, -0.25) is 9.89 Å². The van der Waals surface area contributed by atoms with Gasteiger partial charge in [0.25, 0.3) is 5.91 Å². The highest BCUT2D eigenvalue weighted by molar-refractivity contribution is 5.92. The van der Waals surface area contributed by atoms with E-state index in [4.69, 9.17) is 5.73 Å². The van der Waals surface area contributed by atoms with Gasteiger partial charge in [-0.25, -0.2) is 0 Å². The molecule has 0 spiro atoms. The van der Waals surface area contributed by atoms with Gasteiger partial charge in [-0.05, 0) is 24.7 Å². The number of H-pyrrole nitrogens is 1. The monoisotopic (exact) mass is 205 g/mol. The third-order valence-corrected chi connectivity index (χ3v) is 3.85. The van der Waals surface area contributed by atoms with Crippen LogP contribution in [-0.2, 0) is 6.42 Å². The molecular formula is C11H15N3O. The first-order valence-electron chi connectivity index (χ1n) is 5.61. The molecule has 1 heterocycles. The van der Waals surface area contributed by atoms with Crippen LogP contribution < -0.4 is 5.73 Å². The van der Waals surface area contributed by atoms with Crippen LogP contribution in [0.2, 0.25) is 0 Å². The highest BCUT2D eigenvalue weighted by atomic mass is 16.1. The molecule has 3 rings (SSSR count). The molecule has 0 saturated heterocycles. The predicted molar refractivity (Wildman–Crippen MR) is 55.4 cm³/mol. The lowest BCUT2D eigenvalue weighted by Gasteiger charge is -2.01. The van der Waals surface area contributed by atoms with Gasteiger partial charge in [0.05, 0.1) is 5.69 Å². The molecular weight excluding hydrogens is 190 g/mol. The maximum absolute atomic E-state index is 11.1. The largest absolute Gasteiger partial charge is 0.364 e. The number of aromatic amines is 1. The number of hydrogen-bond acceptors (Lipinski definition) is 2. The summed E-state index contributed by atoms with van der Waals surface area (Å²) < 4.78 is 0. The van der Waals surface area contributed by atoms with Gasteiger partial charge in [0.15, 0.2) is 0 Å². The van der Waals surface area contributed by atoms with Crippen molar-refractivity contribution in [3.8, 4) is 0 Å². The number of amides is 1. The maximum Gasteiger partial charge on any atom is 0.267 e. The SMILES string of the molecule is CCC[C@H]1[C@@H]2Cc3c(n[nH]c3C(N)=O)[C@H]12. The van der Waals surface area contributed by atoms with E-state index in [-0.39, 0.29) is 5.91 Å². The Balaban J connectivity index is 1.88. The first kappa shape index (κ1) is 8.95. The third-order valence-electron chi connectivity index (χ3n) is 3.85. The second-order valence-corrected chi connectivity index (χ2v) is 4.67. The molecule has 0 bridgehead atoms. The van der Waals surface area contributed by atoms with Crippen molar-refractivity contribution in [2.75, 3.05) is 0 Å². The van der Waals surface area contributed by atoms with Crippen LogP contribution in [0, 0.1) is 11.8 Å². The molecule has 1 aromatic rings. The van der Waals surface area contributed by atoms with E-state index in [9.17, 15) is 4.79 Å². The van der Waals surface area contributed by atoms with E-state index in [2.05, 4.69) is 17.1 Å². The smallest absolute Gasteiger partial charge is 0.267 e. The maximum atomic E-state index is 11.1. The fourth-order valence-corrected chi connectivity index (χ4v) is 3.16. The number of aromatic nitrogens is 2. The molecule has 4 nitrogen and oxygen atoms in total. The standard InChI is InChI=1S/C11H15N3O/c1-2-3-5-6-4-7-9(8(5)6)13-14-10(7)11(12)15/h5-6,8H,2-4H2,1H3,(H2,12,15)(H,13,14)/t5-,6-,8+/m0/s1. The summed E-state index contributed by atoms with van der Waals surface area (Å²) in [4.78, 5) is 11.1. The molecule has 3 N–H and O–H groups in total. The lowest BCUT2D eigenvalue weighted by molar-refractivity contribution is 0.0994. The van der Waals surface area contributed by atoms with Gasteiger partial charge in [-0.15, -0.1) is 0 Å². The quantitative estimate of drug-likeness (QED) is 0.778. The molecule has 2 aliphatic rings. The summed E-state index contributed by atoms with van der Waals surface area (Å²) in [5, 5.41) is 7.02. The molecule has 4 heteroatoms. The summed E-state index contributed by atoms with van der Waals surface area (Å²) in [5.41, 5.74) is 8.01. The molecule has 1 amide bonds. The Hall–Kier alpha value is -1.32. The molecule has 0 radical (unpaired) electrons. The highest BCUT2D eigenvalue weighted by Gasteiger charge is 2.57. The number of nitrogens with two attached hydrogens (primary N) is 1. The van der Waals surface area contributed by atoms with Gasteiger partial charge in [-0.1, -0.05) is 13.3 Å². The molecule has 3 atom stereocenters. The van der Waals surface area contributed by atoms with Crippen molar-refractivity contribution < 1.29 is 4.79 Å². The Kier molecular flexibility index (Phi) is 1.69. The number of rotatable bonds is 3. The minimum atomic E-state index is -0.378. The van der Waals surface area contributed by atoms with E-state index in [1.807, 2.05) is 0 Å². The van der Waals surface area contributed by atoms with E-state index in [1.165, 1.54) is 12.8 Å². The van der Waals surface area contributed by atoms with Crippen LogP contribution in [0.3, 0.4) is 0 Å². The van der Waals surface area contributed by atoms with Crippen LogP contribution in [0.4, 0.5) is 0 Å². The van der Waals surface area contributed by atoms with Crippen molar-refractivity contribution in [2.24, 2.45) is 17.6 Å². The number of hydrogen-bond donors (Lipinski definition) is 2. The Bertz CT molecular complexity index is 423. The van der Waals surface area contributed by atoms with Crippen LogP contribution >= 0.6 is 0 Å². The zero-order chi connectivity index (χ0) is 10.6. The van der Waals surface area contributed by atoms with E-state index in [1.54, 1.807) is 0 Å². The van der Waals surface area contributed by atoms with Gasteiger partial charge >= 0.3 is 0 Å². The van der Waals surface area contributed by atoms with Gasteiger partial charge in [0.2, 0.25) is 0 Å². The van der Waals surface area contributed by atoms with Crippen molar-refractivity contribution in [1.82, 2.24) is 10.2 Å². The second kappa shape index (κ2) is 2.84. The van der Waals surface area contributed by atoms with Crippen molar-refractivity contribution in [2.45, 2.75) is 32.1 Å². The summed E-state index contributed by atoms with van der Waals surface area (Å²) in [7, 11) is 0. The Labute approximate surface area is 88.2 Å². The van der Waals surface area contributed by atoms with Crippen molar-refractivity contribution in [3.05, 3.63) is 17.0 Å². The molecule has 2 aliphatic carbocycles. The number of primary amides is 1. The molecule has 1 saturated carbocycles. The van der Waals surface area contributed by atoms with Crippen LogP contribution in [0.15, 0.2) is 0 Å². The number of fused-ring (bicyclic) bond motifs is 3. The summed E-state index contributed by atoms with van der Waals surface area (Å²) in [5.74, 6) is 1.79. The molecule has 15 heavy (non-hydrogen) atoms. The van der Waals surface area contributed by atoms with Crippen LogP contribution in [0.1, 0.15) is 47.4 Å². The number of nitrogens with one attached hydrogen (secondary N) is 1. The molecule has 80 valence electrons. The molecule has 1 fully saturated rings. The van der Waals surface area contributed by atoms with E-state index >= 15 is 0 Å². The lowest BCUT2D eigenvalue weighted by Crippen LogP contribution is -2.14.